The van der Waals surface area contributed by atoms with E-state index in [0.29, 0.717) is 0 Å². The first-order valence-corrected chi connectivity index (χ1v) is 14.4. The van der Waals surface area contributed by atoms with Crippen LogP contribution >= 0.6 is 0 Å². The molecule has 10 aromatic rings. The van der Waals surface area contributed by atoms with Gasteiger partial charge in [0, 0.05) is 21.9 Å². The summed E-state index contributed by atoms with van der Waals surface area (Å²) in [5.41, 5.74) is -7.64. The molecule has 49 heavy (non-hydrogen) atoms. The van der Waals surface area contributed by atoms with Gasteiger partial charge in [-0.2, -0.15) is 0 Å². The van der Waals surface area contributed by atoms with Crippen molar-refractivity contribution >= 4 is 54.3 Å². The normalized spacial score (nSPS) is 20.2. The molecular weight excluding hydrogens is 593 g/mol. The quantitative estimate of drug-likeness (QED) is 0.172. The van der Waals surface area contributed by atoms with E-state index in [0.717, 1.165) is 0 Å². The van der Waals surface area contributed by atoms with Crippen LogP contribution in [0.25, 0.3) is 98.8 Å². The van der Waals surface area contributed by atoms with Crippen LogP contribution in [0.2, 0.25) is 0 Å². The average Bonchev–Trinajstić information content (AvgIpc) is 4.00. The summed E-state index contributed by atoms with van der Waals surface area (Å²) in [4.78, 5) is 0. The van der Waals surface area contributed by atoms with Gasteiger partial charge in [-0.05, 0) is 65.7 Å². The van der Waals surface area contributed by atoms with Crippen molar-refractivity contribution in [2.75, 3.05) is 0 Å². The Balaban J connectivity index is 1.51. The third kappa shape index (κ3) is 4.26. The summed E-state index contributed by atoms with van der Waals surface area (Å²) in [6, 6.07) is -29.5. The molecule has 0 unspecified atom stereocenters. The molecule has 0 N–H and O–H groups in total. The van der Waals surface area contributed by atoms with E-state index in [2.05, 4.69) is 0 Å². The monoisotopic (exact) mass is 652 g/mol. The third-order valence-electron chi connectivity index (χ3n) is 7.99. The number of furan rings is 1. The number of benzene rings is 9. The van der Waals surface area contributed by atoms with E-state index in [1.54, 1.807) is 0 Å². The second-order valence-electron chi connectivity index (χ2n) is 10.5. The lowest BCUT2D eigenvalue weighted by molar-refractivity contribution is 0.671. The third-order valence-corrected chi connectivity index (χ3v) is 7.99. The van der Waals surface area contributed by atoms with Crippen molar-refractivity contribution in [2.45, 2.75) is 0 Å². The molecular formula is C48H30O. The molecule has 0 saturated heterocycles. The predicted molar refractivity (Wildman–Crippen MR) is 208 cm³/mol. The Morgan fingerprint density at radius 1 is 0.265 bits per heavy atom. The van der Waals surface area contributed by atoms with Crippen LogP contribution in [0.3, 0.4) is 0 Å². The van der Waals surface area contributed by atoms with Crippen LogP contribution in [0.4, 0.5) is 0 Å². The van der Waals surface area contributed by atoms with Crippen molar-refractivity contribution < 1.29 is 45.5 Å². The molecule has 10 rings (SSSR count). The van der Waals surface area contributed by atoms with E-state index in [1.807, 2.05) is 0 Å². The molecule has 0 radical (unpaired) electrons. The highest BCUT2D eigenvalue weighted by Crippen LogP contribution is 2.47. The maximum absolute atomic E-state index is 9.97. The van der Waals surface area contributed by atoms with Gasteiger partial charge in [0.1, 0.15) is 11.2 Å². The molecule has 1 heteroatoms. The largest absolute Gasteiger partial charge is 0.455 e. The van der Waals surface area contributed by atoms with E-state index in [1.165, 1.54) is 0 Å². The summed E-state index contributed by atoms with van der Waals surface area (Å²) in [6.07, 6.45) is 0. The number of para-hydroxylation sites is 2. The Hall–Kier alpha value is -6.44. The minimum absolute atomic E-state index is 0.571. The van der Waals surface area contributed by atoms with Crippen molar-refractivity contribution in [3.05, 3.63) is 181 Å². The van der Waals surface area contributed by atoms with Crippen molar-refractivity contribution in [3.8, 4) is 44.5 Å². The summed E-state index contributed by atoms with van der Waals surface area (Å²) in [7, 11) is 0. The summed E-state index contributed by atoms with van der Waals surface area (Å²) in [5, 5.41) is -5.90. The minimum atomic E-state index is -1.15. The van der Waals surface area contributed by atoms with Crippen molar-refractivity contribution in [1.82, 2.24) is 0 Å². The number of hydrogen-bond donors (Lipinski definition) is 0. The summed E-state index contributed by atoms with van der Waals surface area (Å²) in [5.74, 6) is 0. The van der Waals surface area contributed by atoms with Gasteiger partial charge in [0.05, 0.1) is 41.1 Å². The van der Waals surface area contributed by atoms with Gasteiger partial charge in [0.25, 0.3) is 0 Å². The van der Waals surface area contributed by atoms with Gasteiger partial charge in [0.2, 0.25) is 0 Å². The van der Waals surface area contributed by atoms with Crippen LogP contribution in [0.5, 0.6) is 0 Å². The maximum Gasteiger partial charge on any atom is 0.143 e. The summed E-state index contributed by atoms with van der Waals surface area (Å²) in [6.45, 7) is 0. The zero-order valence-corrected chi connectivity index (χ0v) is 24.4. The van der Waals surface area contributed by atoms with Crippen LogP contribution in [-0.2, 0) is 0 Å². The highest BCUT2D eigenvalue weighted by atomic mass is 16.3. The van der Waals surface area contributed by atoms with Gasteiger partial charge in [-0.25, -0.2) is 0 Å². The van der Waals surface area contributed by atoms with Crippen LogP contribution in [0.15, 0.2) is 186 Å². The highest BCUT2D eigenvalue weighted by Gasteiger charge is 2.21. The fourth-order valence-electron chi connectivity index (χ4n) is 5.99. The van der Waals surface area contributed by atoms with Gasteiger partial charge in [-0.1, -0.05) is 181 Å². The van der Waals surface area contributed by atoms with E-state index < -0.39 is 280 Å². The Labute approximate surface area is 326 Å². The number of hydrogen-bond acceptors (Lipinski definition) is 1. The molecule has 0 spiro atoms. The molecule has 0 aliphatic heterocycles. The lowest BCUT2D eigenvalue weighted by Gasteiger charge is -2.19. The van der Waals surface area contributed by atoms with Crippen LogP contribution in [0.1, 0.15) is 41.1 Å². The van der Waals surface area contributed by atoms with Crippen LogP contribution in [0, 0.1) is 0 Å². The summed E-state index contributed by atoms with van der Waals surface area (Å²) >= 11 is 0. The van der Waals surface area contributed by atoms with Gasteiger partial charge in [-0.3, -0.25) is 0 Å². The molecule has 0 saturated carbocycles. The van der Waals surface area contributed by atoms with Crippen molar-refractivity contribution in [2.24, 2.45) is 0 Å². The van der Waals surface area contributed by atoms with E-state index in [4.69, 9.17) is 33.2 Å². The number of rotatable bonds is 4. The van der Waals surface area contributed by atoms with E-state index in [-0.39, 0.29) is 0 Å². The van der Waals surface area contributed by atoms with Gasteiger partial charge >= 0.3 is 0 Å². The van der Waals surface area contributed by atoms with Gasteiger partial charge in [0.15, 0.2) is 0 Å². The molecule has 1 nitrogen and oxygen atoms in total. The zero-order chi connectivity index (χ0) is 58.4. The van der Waals surface area contributed by atoms with Crippen LogP contribution in [-0.4, -0.2) is 0 Å². The standard InChI is InChI=1S/C48H30O/c1-3-15-31(16-4-1)33-25-13-27-43-44-28-14-26-42(48(44)49-47(33)43)36-29-30-41(35-20-8-7-19-34(35)36)46-39-23-11-9-21-37(39)45(32-17-5-2-6-18-32)38-22-10-12-24-40(38)46/h1-30H/i1D,2D,3D,4D,5D,6D,7D,8D,9D,10D,11D,12D,13D,14D,15D,16D,17D,18D,19D,20D,21D,22D,23D,24D,25D,26D,27D,28D,29D,30D. The molecule has 0 fully saturated rings. The highest BCUT2D eigenvalue weighted by molar-refractivity contribution is 6.24. The SMILES string of the molecule is [2H]c1c([2H])c([2H])c(-c2c([2H])c([2H])c([2H])c3c2oc2c(-c4c([2H])c([2H])c(-c5c6c([2H])c([2H])c([2H])c([2H])c6c(-c6c([2H])c([2H])c([2H])c([2H])c6[2H])c6c([2H])c([2H])c([2H])c([2H])c56)c5c([2H])c([2H])c([2H])c([2H])c45)c([2H])c([2H])c([2H])c23)c([2H])c1[2H]. The lowest BCUT2D eigenvalue weighted by Crippen LogP contribution is -1.92. The first-order chi connectivity index (χ1) is 36.8. The Morgan fingerprint density at radius 3 is 1.27 bits per heavy atom. The Morgan fingerprint density at radius 2 is 0.673 bits per heavy atom. The van der Waals surface area contributed by atoms with E-state index in [9.17, 15) is 12.3 Å². The predicted octanol–water partition coefficient (Wildman–Crippen LogP) is 13.7. The molecule has 1 aromatic heterocycles. The van der Waals surface area contributed by atoms with Crippen LogP contribution < -0.4 is 0 Å². The van der Waals surface area contributed by atoms with E-state index >= 15 is 0 Å². The molecule has 0 aliphatic carbocycles. The average molecular weight is 653 g/mol. The number of fused-ring (bicyclic) bond motifs is 6. The molecule has 9 aromatic carbocycles. The lowest BCUT2D eigenvalue weighted by atomic mass is 9.84. The molecule has 0 bridgehead atoms. The van der Waals surface area contributed by atoms with Crippen molar-refractivity contribution in [1.29, 1.82) is 0 Å². The Bertz CT molecular complexity index is 4460. The molecule has 0 amide bonds. The topological polar surface area (TPSA) is 13.1 Å². The molecule has 0 aliphatic rings. The fourth-order valence-corrected chi connectivity index (χ4v) is 5.99. The molecule has 228 valence electrons. The Kier molecular flexibility index (Phi) is 2.50. The first-order valence-electron chi connectivity index (χ1n) is 29.4. The second kappa shape index (κ2) is 11.1. The molecule has 0 atom stereocenters. The second-order valence-corrected chi connectivity index (χ2v) is 10.5. The van der Waals surface area contributed by atoms with Gasteiger partial charge < -0.3 is 4.42 Å². The minimum Gasteiger partial charge on any atom is -0.455 e. The van der Waals surface area contributed by atoms with Crippen molar-refractivity contribution in [3.63, 3.8) is 0 Å². The summed E-state index contributed by atoms with van der Waals surface area (Å²) < 4.78 is 277. The smallest absolute Gasteiger partial charge is 0.143 e. The maximum atomic E-state index is 9.97. The fraction of sp³-hybridized carbons (Fsp3) is 0. The zero-order valence-electron chi connectivity index (χ0n) is 54.4. The molecule has 1 heterocycles. The van der Waals surface area contributed by atoms with Gasteiger partial charge in [-0.15, -0.1) is 0 Å². The first kappa shape index (κ1) is 11.1.